The van der Waals surface area contributed by atoms with Crippen LogP contribution in [0.3, 0.4) is 0 Å². The maximum atomic E-state index is 13.7. The van der Waals surface area contributed by atoms with Gasteiger partial charge in [-0.15, -0.1) is 0 Å². The number of aromatic nitrogens is 3. The fourth-order valence-corrected chi connectivity index (χ4v) is 3.98. The molecule has 1 aromatic carbocycles. The normalized spacial score (nSPS) is 16.2. The number of piperidine rings is 1. The molecule has 0 spiro atoms. The first-order valence-corrected chi connectivity index (χ1v) is 11.1. The minimum absolute atomic E-state index is 0.0459. The van der Waals surface area contributed by atoms with Crippen molar-refractivity contribution in [3.05, 3.63) is 66.5 Å². The summed E-state index contributed by atoms with van der Waals surface area (Å²) in [4.78, 5) is 28.4. The number of anilines is 2. The zero-order chi connectivity index (χ0) is 22.5. The first-order valence-electron chi connectivity index (χ1n) is 11.1. The van der Waals surface area contributed by atoms with E-state index in [0.29, 0.717) is 36.2 Å². The molecule has 6 nitrogen and oxygen atoms in total. The van der Waals surface area contributed by atoms with Crippen LogP contribution >= 0.6 is 0 Å². The molecule has 1 aliphatic heterocycles. The van der Waals surface area contributed by atoms with Crippen LogP contribution in [0.5, 0.6) is 0 Å². The lowest BCUT2D eigenvalue weighted by molar-refractivity contribution is -0.133. The van der Waals surface area contributed by atoms with Crippen molar-refractivity contribution in [1.29, 1.82) is 0 Å². The second-order valence-electron chi connectivity index (χ2n) is 8.65. The highest BCUT2D eigenvalue weighted by Crippen LogP contribution is 2.29. The number of hydrogen-bond acceptors (Lipinski definition) is 5. The van der Waals surface area contributed by atoms with E-state index in [9.17, 15) is 9.18 Å². The maximum Gasteiger partial charge on any atom is 0.222 e. The number of hydrogen-bond donors (Lipinski definition) is 1. The first kappa shape index (κ1) is 21.9. The van der Waals surface area contributed by atoms with E-state index in [1.54, 1.807) is 24.5 Å². The van der Waals surface area contributed by atoms with Gasteiger partial charge in [0, 0.05) is 55.1 Å². The molecule has 1 aliphatic rings. The van der Waals surface area contributed by atoms with Gasteiger partial charge in [0.2, 0.25) is 5.91 Å². The number of carbonyl (C=O) groups is 1. The highest BCUT2D eigenvalue weighted by molar-refractivity contribution is 5.76. The van der Waals surface area contributed by atoms with E-state index in [0.717, 1.165) is 30.6 Å². The molecule has 0 bridgehead atoms. The average molecular weight is 434 g/mol. The lowest BCUT2D eigenvalue weighted by Gasteiger charge is -2.32. The lowest BCUT2D eigenvalue weighted by atomic mass is 9.96. The highest BCUT2D eigenvalue weighted by atomic mass is 19.1. The predicted octanol–water partition coefficient (Wildman–Crippen LogP) is 5.17. The quantitative estimate of drug-likeness (QED) is 0.580. The number of benzene rings is 1. The summed E-state index contributed by atoms with van der Waals surface area (Å²) in [5, 5.41) is 3.20. The lowest BCUT2D eigenvalue weighted by Crippen LogP contribution is -2.40. The molecule has 0 saturated carbocycles. The van der Waals surface area contributed by atoms with Gasteiger partial charge in [0.1, 0.15) is 17.5 Å². The molecule has 0 radical (unpaired) electrons. The third kappa shape index (κ3) is 5.46. The number of halogens is 1. The Morgan fingerprint density at radius 2 is 2.09 bits per heavy atom. The van der Waals surface area contributed by atoms with Gasteiger partial charge in [0.15, 0.2) is 0 Å². The van der Waals surface area contributed by atoms with Crippen molar-refractivity contribution in [3.63, 3.8) is 0 Å². The first-order chi connectivity index (χ1) is 15.5. The van der Waals surface area contributed by atoms with Crippen LogP contribution in [0.1, 0.15) is 44.9 Å². The molecular formula is C25H28FN5O. The van der Waals surface area contributed by atoms with Crippen molar-refractivity contribution >= 4 is 17.4 Å². The molecule has 3 heterocycles. The SMILES string of the molecule is CC(C)CC(=O)N1CCCC(c2nc(Nc3cccc(F)c3)cc(-c3cccnc3)n2)C1. The molecule has 3 aromatic rings. The number of nitrogens with one attached hydrogen (secondary N) is 1. The average Bonchev–Trinajstić information content (AvgIpc) is 2.79. The van der Waals surface area contributed by atoms with Crippen LogP contribution in [-0.4, -0.2) is 38.8 Å². The Morgan fingerprint density at radius 1 is 1.22 bits per heavy atom. The van der Waals surface area contributed by atoms with Crippen molar-refractivity contribution in [1.82, 2.24) is 19.9 Å². The second kappa shape index (κ2) is 9.85. The third-order valence-corrected chi connectivity index (χ3v) is 5.52. The van der Waals surface area contributed by atoms with Crippen LogP contribution in [-0.2, 0) is 4.79 Å². The molecule has 1 N–H and O–H groups in total. The predicted molar refractivity (Wildman–Crippen MR) is 123 cm³/mol. The van der Waals surface area contributed by atoms with Crippen molar-refractivity contribution in [2.75, 3.05) is 18.4 Å². The van der Waals surface area contributed by atoms with Gasteiger partial charge in [-0.1, -0.05) is 19.9 Å². The van der Waals surface area contributed by atoms with Crippen LogP contribution in [0.15, 0.2) is 54.9 Å². The molecule has 2 aromatic heterocycles. The molecule has 0 aliphatic carbocycles. The van der Waals surface area contributed by atoms with E-state index >= 15 is 0 Å². The molecule has 32 heavy (non-hydrogen) atoms. The van der Waals surface area contributed by atoms with Gasteiger partial charge in [0.25, 0.3) is 0 Å². The van der Waals surface area contributed by atoms with Crippen molar-refractivity contribution in [3.8, 4) is 11.3 Å². The molecular weight excluding hydrogens is 405 g/mol. The Bertz CT molecular complexity index is 1070. The van der Waals surface area contributed by atoms with Gasteiger partial charge >= 0.3 is 0 Å². The number of rotatable bonds is 6. The Morgan fingerprint density at radius 3 is 2.84 bits per heavy atom. The minimum atomic E-state index is -0.316. The summed E-state index contributed by atoms with van der Waals surface area (Å²) in [5.74, 6) is 1.52. The summed E-state index contributed by atoms with van der Waals surface area (Å²) in [5.41, 5.74) is 2.23. The van der Waals surface area contributed by atoms with E-state index in [-0.39, 0.29) is 17.6 Å². The molecule has 4 rings (SSSR count). The van der Waals surface area contributed by atoms with Crippen LogP contribution in [0.25, 0.3) is 11.3 Å². The summed E-state index contributed by atoms with van der Waals surface area (Å²) < 4.78 is 13.7. The molecule has 1 fully saturated rings. The fraction of sp³-hybridized carbons (Fsp3) is 0.360. The van der Waals surface area contributed by atoms with Gasteiger partial charge < -0.3 is 10.2 Å². The number of amides is 1. The van der Waals surface area contributed by atoms with E-state index < -0.39 is 0 Å². The van der Waals surface area contributed by atoms with Gasteiger partial charge in [-0.25, -0.2) is 14.4 Å². The van der Waals surface area contributed by atoms with Crippen molar-refractivity contribution in [2.24, 2.45) is 5.92 Å². The van der Waals surface area contributed by atoms with Crippen LogP contribution < -0.4 is 5.32 Å². The molecule has 1 unspecified atom stereocenters. The van der Waals surface area contributed by atoms with Crippen LogP contribution in [0.4, 0.5) is 15.9 Å². The molecule has 1 atom stereocenters. The molecule has 1 amide bonds. The van der Waals surface area contributed by atoms with Gasteiger partial charge in [-0.2, -0.15) is 0 Å². The summed E-state index contributed by atoms with van der Waals surface area (Å²) in [6.07, 6.45) is 5.87. The van der Waals surface area contributed by atoms with E-state index in [1.807, 2.05) is 23.1 Å². The Kier molecular flexibility index (Phi) is 6.73. The minimum Gasteiger partial charge on any atom is -0.342 e. The van der Waals surface area contributed by atoms with Gasteiger partial charge in [-0.3, -0.25) is 9.78 Å². The highest BCUT2D eigenvalue weighted by Gasteiger charge is 2.27. The summed E-state index contributed by atoms with van der Waals surface area (Å²) in [6.45, 7) is 5.51. The number of nitrogens with zero attached hydrogens (tertiary/aromatic N) is 4. The van der Waals surface area contributed by atoms with E-state index in [1.165, 1.54) is 12.1 Å². The van der Waals surface area contributed by atoms with Crippen LogP contribution in [0.2, 0.25) is 0 Å². The largest absolute Gasteiger partial charge is 0.342 e. The Hall–Kier alpha value is -3.35. The molecule has 7 heteroatoms. The summed E-state index contributed by atoms with van der Waals surface area (Å²) in [6, 6.07) is 11.9. The summed E-state index contributed by atoms with van der Waals surface area (Å²) >= 11 is 0. The topological polar surface area (TPSA) is 71.0 Å². The number of pyridine rings is 1. The zero-order valence-electron chi connectivity index (χ0n) is 18.5. The Labute approximate surface area is 187 Å². The fourth-order valence-electron chi connectivity index (χ4n) is 3.98. The Balaban J connectivity index is 1.65. The smallest absolute Gasteiger partial charge is 0.222 e. The third-order valence-electron chi connectivity index (χ3n) is 5.52. The van der Waals surface area contributed by atoms with Crippen LogP contribution in [0, 0.1) is 11.7 Å². The van der Waals surface area contributed by atoms with E-state index in [2.05, 4.69) is 24.1 Å². The summed E-state index contributed by atoms with van der Waals surface area (Å²) in [7, 11) is 0. The second-order valence-corrected chi connectivity index (χ2v) is 8.65. The molecule has 166 valence electrons. The maximum absolute atomic E-state index is 13.7. The number of carbonyl (C=O) groups excluding carboxylic acids is 1. The number of likely N-dealkylation sites (tertiary alicyclic amines) is 1. The van der Waals surface area contributed by atoms with E-state index in [4.69, 9.17) is 9.97 Å². The zero-order valence-corrected chi connectivity index (χ0v) is 18.5. The molecule has 1 saturated heterocycles. The van der Waals surface area contributed by atoms with Gasteiger partial charge in [-0.05, 0) is 49.1 Å². The van der Waals surface area contributed by atoms with Gasteiger partial charge in [0.05, 0.1) is 5.69 Å². The standard InChI is InChI=1S/C25H28FN5O/c1-17(2)12-24(32)31-11-5-7-19(16-31)25-29-22(18-6-4-10-27-15-18)14-23(30-25)28-21-9-3-8-20(26)13-21/h3-4,6,8-10,13-15,17,19H,5,7,11-12,16H2,1-2H3,(H,28,29,30). The monoisotopic (exact) mass is 433 g/mol. The van der Waals surface area contributed by atoms with Crippen molar-refractivity contribution < 1.29 is 9.18 Å². The van der Waals surface area contributed by atoms with Crippen molar-refractivity contribution in [2.45, 2.75) is 39.0 Å².